The number of halogens is 2. The van der Waals surface area contributed by atoms with Gasteiger partial charge < -0.3 is 0 Å². The molecule has 4 aliphatic rings. The van der Waals surface area contributed by atoms with Crippen molar-refractivity contribution in [3.05, 3.63) is 11.6 Å². The zero-order valence-corrected chi connectivity index (χ0v) is 16.5. The fourth-order valence-electron chi connectivity index (χ4n) is 7.00. The van der Waals surface area contributed by atoms with Crippen molar-refractivity contribution in [3.8, 4) is 0 Å². The Labute approximate surface area is 148 Å². The molecule has 0 radical (unpaired) electrons. The minimum absolute atomic E-state index is 0.271. The zero-order chi connectivity index (χ0) is 15.8. The van der Waals surface area contributed by atoms with Gasteiger partial charge in [0.15, 0.2) is 0 Å². The highest BCUT2D eigenvalue weighted by molar-refractivity contribution is 14.1. The van der Waals surface area contributed by atoms with Crippen molar-refractivity contribution < 1.29 is 4.39 Å². The monoisotopic (exact) mass is 416 g/mol. The van der Waals surface area contributed by atoms with Crippen LogP contribution in [0.1, 0.15) is 72.1 Å². The van der Waals surface area contributed by atoms with E-state index in [2.05, 4.69) is 42.5 Å². The third-order valence-electron chi connectivity index (χ3n) is 7.98. The van der Waals surface area contributed by atoms with Crippen molar-refractivity contribution in [2.24, 2.45) is 28.6 Å². The number of allylic oxidation sites excluding steroid dienone is 2. The zero-order valence-electron chi connectivity index (χ0n) is 14.3. The summed E-state index contributed by atoms with van der Waals surface area (Å²) in [6.07, 6.45) is 12.1. The van der Waals surface area contributed by atoms with Gasteiger partial charge >= 0.3 is 0 Å². The van der Waals surface area contributed by atoms with Crippen LogP contribution in [0.2, 0.25) is 0 Å². The van der Waals surface area contributed by atoms with Crippen LogP contribution in [0.25, 0.3) is 0 Å². The van der Waals surface area contributed by atoms with E-state index < -0.39 is 5.67 Å². The quantitative estimate of drug-likeness (QED) is 0.241. The van der Waals surface area contributed by atoms with Crippen LogP contribution in [0.5, 0.6) is 0 Å². The summed E-state index contributed by atoms with van der Waals surface area (Å²) in [6.45, 7) is 6.80. The van der Waals surface area contributed by atoms with Gasteiger partial charge in [-0.2, -0.15) is 0 Å². The average Bonchev–Trinajstić information content (AvgIpc) is 2.68. The number of hydrogen-bond acceptors (Lipinski definition) is 0. The third kappa shape index (κ3) is 2.25. The van der Waals surface area contributed by atoms with Crippen LogP contribution in [0.3, 0.4) is 0 Å². The van der Waals surface area contributed by atoms with Crippen LogP contribution < -0.4 is 0 Å². The highest BCUT2D eigenvalue weighted by Gasteiger charge is 2.60. The molecule has 0 aromatic heterocycles. The first-order valence-corrected chi connectivity index (χ1v) is 10.5. The van der Waals surface area contributed by atoms with E-state index in [4.69, 9.17) is 0 Å². The van der Waals surface area contributed by atoms with Crippen LogP contribution in [-0.2, 0) is 0 Å². The maximum Gasteiger partial charge on any atom is 0.109 e. The molecule has 22 heavy (non-hydrogen) atoms. The first-order valence-electron chi connectivity index (χ1n) is 9.26. The topological polar surface area (TPSA) is 0 Å². The Bertz CT molecular complexity index is 510. The van der Waals surface area contributed by atoms with Crippen LogP contribution in [-0.4, -0.2) is 9.59 Å². The van der Waals surface area contributed by atoms with Gasteiger partial charge in [0.25, 0.3) is 0 Å². The summed E-state index contributed by atoms with van der Waals surface area (Å²) in [6, 6.07) is 0. The van der Waals surface area contributed by atoms with E-state index in [0.717, 1.165) is 28.6 Å². The molecule has 0 aromatic rings. The van der Waals surface area contributed by atoms with Gasteiger partial charge in [-0.25, -0.2) is 4.39 Å². The average molecular weight is 416 g/mol. The van der Waals surface area contributed by atoms with Gasteiger partial charge in [0.2, 0.25) is 0 Å². The van der Waals surface area contributed by atoms with Crippen LogP contribution in [0.4, 0.5) is 4.39 Å². The van der Waals surface area contributed by atoms with Crippen molar-refractivity contribution in [2.45, 2.75) is 81.7 Å². The van der Waals surface area contributed by atoms with E-state index in [1.165, 1.54) is 38.5 Å². The second kappa shape index (κ2) is 4.95. The molecule has 4 rings (SSSR count). The summed E-state index contributed by atoms with van der Waals surface area (Å²) in [5, 5.41) is 0. The largest absolute Gasteiger partial charge is 0.244 e. The highest BCUT2D eigenvalue weighted by Crippen LogP contribution is 2.66. The minimum Gasteiger partial charge on any atom is -0.244 e. The standard InChI is InChI=1S/C20H30FI/c1-18-8-7-16-15(17(18)11-19(2,21)12-18)5-4-13-10-14(22)6-9-20(13,16)3/h4,14-17H,5-12H2,1-3H3/t14-,15+,16-,17-,18+,19+,20-/m0/s1. The van der Waals surface area contributed by atoms with Crippen LogP contribution in [0, 0.1) is 28.6 Å². The first-order chi connectivity index (χ1) is 10.2. The Morgan fingerprint density at radius 3 is 2.68 bits per heavy atom. The van der Waals surface area contributed by atoms with Crippen molar-refractivity contribution in [1.82, 2.24) is 0 Å². The maximum atomic E-state index is 14.8. The van der Waals surface area contributed by atoms with Crippen molar-refractivity contribution >= 4 is 22.6 Å². The van der Waals surface area contributed by atoms with Crippen LogP contribution >= 0.6 is 22.6 Å². The summed E-state index contributed by atoms with van der Waals surface area (Å²) in [7, 11) is 0. The molecule has 7 atom stereocenters. The summed E-state index contributed by atoms with van der Waals surface area (Å²) in [5.74, 6) is 2.19. The number of hydrogen-bond donors (Lipinski definition) is 0. The van der Waals surface area contributed by atoms with E-state index in [0.29, 0.717) is 11.3 Å². The second-order valence-electron chi connectivity index (χ2n) is 9.59. The van der Waals surface area contributed by atoms with Gasteiger partial charge in [-0.3, -0.25) is 0 Å². The second-order valence-corrected chi connectivity index (χ2v) is 11.3. The Morgan fingerprint density at radius 1 is 1.14 bits per heavy atom. The Hall–Kier alpha value is 0.400. The molecule has 4 aliphatic carbocycles. The molecule has 0 bridgehead atoms. The van der Waals surface area contributed by atoms with E-state index in [9.17, 15) is 4.39 Å². The van der Waals surface area contributed by atoms with Gasteiger partial charge in [-0.15, -0.1) is 0 Å². The number of rotatable bonds is 0. The molecule has 0 amide bonds. The molecule has 0 heterocycles. The van der Waals surface area contributed by atoms with Crippen molar-refractivity contribution in [2.75, 3.05) is 0 Å². The Morgan fingerprint density at radius 2 is 1.91 bits per heavy atom. The molecular weight excluding hydrogens is 386 g/mol. The summed E-state index contributed by atoms with van der Waals surface area (Å²) in [5.41, 5.74) is 1.54. The molecule has 0 N–H and O–H groups in total. The lowest BCUT2D eigenvalue weighted by Gasteiger charge is -2.57. The summed E-state index contributed by atoms with van der Waals surface area (Å²) >= 11 is 2.64. The smallest absolute Gasteiger partial charge is 0.109 e. The van der Waals surface area contributed by atoms with Crippen molar-refractivity contribution in [1.29, 1.82) is 0 Å². The molecule has 124 valence electrons. The van der Waals surface area contributed by atoms with E-state index in [1.54, 1.807) is 5.57 Å². The number of alkyl halides is 2. The highest BCUT2D eigenvalue weighted by atomic mass is 127. The third-order valence-corrected chi connectivity index (χ3v) is 9.04. The predicted molar refractivity (Wildman–Crippen MR) is 99.0 cm³/mol. The molecule has 0 nitrogen and oxygen atoms in total. The molecule has 0 aromatic carbocycles. The minimum atomic E-state index is -0.918. The predicted octanol–water partition coefficient (Wildman–Crippen LogP) is 6.48. The molecule has 0 saturated heterocycles. The van der Waals surface area contributed by atoms with Crippen LogP contribution in [0.15, 0.2) is 11.6 Å². The number of fused-ring (bicyclic) bond motifs is 5. The summed E-state index contributed by atoms with van der Waals surface area (Å²) < 4.78 is 15.6. The van der Waals surface area contributed by atoms with E-state index >= 15 is 0 Å². The molecule has 0 spiro atoms. The van der Waals surface area contributed by atoms with Crippen molar-refractivity contribution in [3.63, 3.8) is 0 Å². The molecule has 0 aliphatic heterocycles. The first kappa shape index (κ1) is 15.9. The van der Waals surface area contributed by atoms with Gasteiger partial charge in [0, 0.05) is 3.92 Å². The molecule has 3 saturated carbocycles. The van der Waals surface area contributed by atoms with Gasteiger partial charge in [-0.05, 0) is 86.9 Å². The fourth-order valence-corrected chi connectivity index (χ4v) is 7.79. The SMILES string of the molecule is C[C@@]1(F)C[C@H]2[C@@H]3CC=C4C[C@@H](I)CC[C@]4(C)[C@H]3CC[C@]2(C)C1. The lowest BCUT2D eigenvalue weighted by Crippen LogP contribution is -2.48. The van der Waals surface area contributed by atoms with Gasteiger partial charge in [0.1, 0.15) is 5.67 Å². The lowest BCUT2D eigenvalue weighted by molar-refractivity contribution is -0.0241. The van der Waals surface area contributed by atoms with Gasteiger partial charge in [-0.1, -0.05) is 48.1 Å². The van der Waals surface area contributed by atoms with E-state index in [-0.39, 0.29) is 5.41 Å². The summed E-state index contributed by atoms with van der Waals surface area (Å²) in [4.78, 5) is 0. The maximum absolute atomic E-state index is 14.8. The van der Waals surface area contributed by atoms with E-state index in [1.807, 2.05) is 6.92 Å². The lowest BCUT2D eigenvalue weighted by atomic mass is 9.48. The Kier molecular flexibility index (Phi) is 3.58. The molecular formula is C20H30FI. The van der Waals surface area contributed by atoms with Gasteiger partial charge in [0.05, 0.1) is 0 Å². The normalized spacial score (nSPS) is 57.6. The molecule has 0 unspecified atom stereocenters. The Balaban J connectivity index is 1.68. The fraction of sp³-hybridized carbons (Fsp3) is 0.900. The molecule has 2 heteroatoms. The molecule has 3 fully saturated rings.